The summed E-state index contributed by atoms with van der Waals surface area (Å²) in [4.78, 5) is 8.31. The maximum Gasteiger partial charge on any atom is 0.161 e. The van der Waals surface area contributed by atoms with Crippen LogP contribution < -0.4 is 9.47 Å². The third-order valence-electron chi connectivity index (χ3n) is 3.00. The molecule has 0 unspecified atom stereocenters. The highest BCUT2D eigenvalue weighted by atomic mass is 35.5. The van der Waals surface area contributed by atoms with Gasteiger partial charge in [0.1, 0.15) is 11.5 Å². The van der Waals surface area contributed by atoms with Gasteiger partial charge in [-0.2, -0.15) is 0 Å². The highest BCUT2D eigenvalue weighted by molar-refractivity contribution is 7.18. The quantitative estimate of drug-likeness (QED) is 0.685. The number of methoxy groups -OCH3 is 2. The van der Waals surface area contributed by atoms with Crippen LogP contribution in [0.15, 0.2) is 29.9 Å². The van der Waals surface area contributed by atoms with Crippen LogP contribution in [0.4, 0.5) is 0 Å². The molecule has 0 amide bonds. The van der Waals surface area contributed by atoms with E-state index < -0.39 is 0 Å². The van der Waals surface area contributed by atoms with Crippen molar-refractivity contribution in [3.8, 4) is 22.6 Å². The van der Waals surface area contributed by atoms with Gasteiger partial charge in [0, 0.05) is 10.9 Å². The van der Waals surface area contributed by atoms with Crippen LogP contribution in [0.2, 0.25) is 5.15 Å². The first-order valence-corrected chi connectivity index (χ1v) is 7.10. The SMILES string of the molecule is COc1ccc(-c2csc3c(Cl)ncnc23)cc1OC. The molecule has 20 heavy (non-hydrogen) atoms. The normalized spacial score (nSPS) is 10.8. The van der Waals surface area contributed by atoms with E-state index in [1.54, 1.807) is 14.2 Å². The summed E-state index contributed by atoms with van der Waals surface area (Å²) in [5.74, 6) is 1.38. The molecule has 0 bridgehead atoms. The maximum absolute atomic E-state index is 6.08. The number of aromatic nitrogens is 2. The van der Waals surface area contributed by atoms with Gasteiger partial charge in [-0.25, -0.2) is 9.97 Å². The molecule has 0 radical (unpaired) electrons. The van der Waals surface area contributed by atoms with Crippen LogP contribution in [0.5, 0.6) is 11.5 Å². The highest BCUT2D eigenvalue weighted by Crippen LogP contribution is 2.38. The predicted octanol–water partition coefficient (Wildman–Crippen LogP) is 4.03. The van der Waals surface area contributed by atoms with E-state index in [1.807, 2.05) is 23.6 Å². The Kier molecular flexibility index (Phi) is 3.46. The molecule has 3 aromatic rings. The molecule has 0 spiro atoms. The predicted molar refractivity (Wildman–Crippen MR) is 81.0 cm³/mol. The standard InChI is InChI=1S/C14H11ClN2O2S/c1-18-10-4-3-8(5-11(10)19-2)9-6-20-13-12(9)16-7-17-14(13)15/h3-7H,1-2H3. The molecular weight excluding hydrogens is 296 g/mol. The third kappa shape index (κ3) is 2.09. The first-order chi connectivity index (χ1) is 9.74. The second-order valence-corrected chi connectivity index (χ2v) is 5.30. The summed E-state index contributed by atoms with van der Waals surface area (Å²) >= 11 is 7.61. The Hall–Kier alpha value is -1.85. The number of thiophene rings is 1. The Morgan fingerprint density at radius 3 is 2.65 bits per heavy atom. The zero-order chi connectivity index (χ0) is 14.1. The molecule has 0 N–H and O–H groups in total. The van der Waals surface area contributed by atoms with Gasteiger partial charge in [-0.05, 0) is 17.7 Å². The van der Waals surface area contributed by atoms with E-state index in [9.17, 15) is 0 Å². The van der Waals surface area contributed by atoms with Crippen molar-refractivity contribution in [2.45, 2.75) is 0 Å². The van der Waals surface area contributed by atoms with Crippen molar-refractivity contribution in [3.05, 3.63) is 35.1 Å². The van der Waals surface area contributed by atoms with E-state index >= 15 is 0 Å². The first kappa shape index (κ1) is 13.1. The van der Waals surface area contributed by atoms with Gasteiger partial charge in [-0.15, -0.1) is 11.3 Å². The van der Waals surface area contributed by atoms with Crippen molar-refractivity contribution >= 4 is 33.2 Å². The van der Waals surface area contributed by atoms with Crippen LogP contribution in [0, 0.1) is 0 Å². The Bertz CT molecular complexity index is 773. The molecule has 0 fully saturated rings. The molecule has 0 saturated heterocycles. The van der Waals surface area contributed by atoms with Crippen LogP contribution in [-0.2, 0) is 0 Å². The molecule has 2 heterocycles. The second-order valence-electron chi connectivity index (χ2n) is 4.06. The van der Waals surface area contributed by atoms with Crippen molar-refractivity contribution in [2.24, 2.45) is 0 Å². The van der Waals surface area contributed by atoms with E-state index in [0.717, 1.165) is 21.3 Å². The van der Waals surface area contributed by atoms with Crippen LogP contribution >= 0.6 is 22.9 Å². The van der Waals surface area contributed by atoms with Crippen molar-refractivity contribution in [3.63, 3.8) is 0 Å². The number of rotatable bonds is 3. The number of halogens is 1. The number of hydrogen-bond acceptors (Lipinski definition) is 5. The van der Waals surface area contributed by atoms with Gasteiger partial charge in [0.25, 0.3) is 0 Å². The maximum atomic E-state index is 6.08. The van der Waals surface area contributed by atoms with Crippen LogP contribution in [0.3, 0.4) is 0 Å². The number of fused-ring (bicyclic) bond motifs is 1. The molecule has 4 nitrogen and oxygen atoms in total. The van der Waals surface area contributed by atoms with E-state index in [2.05, 4.69) is 9.97 Å². The van der Waals surface area contributed by atoms with E-state index in [4.69, 9.17) is 21.1 Å². The van der Waals surface area contributed by atoms with Gasteiger partial charge in [-0.3, -0.25) is 0 Å². The smallest absolute Gasteiger partial charge is 0.161 e. The number of nitrogens with zero attached hydrogens (tertiary/aromatic N) is 2. The van der Waals surface area contributed by atoms with Gasteiger partial charge in [-0.1, -0.05) is 17.7 Å². The average Bonchev–Trinajstić information content (AvgIpc) is 2.92. The lowest BCUT2D eigenvalue weighted by molar-refractivity contribution is 0.355. The number of ether oxygens (including phenoxy) is 2. The monoisotopic (exact) mass is 306 g/mol. The minimum Gasteiger partial charge on any atom is -0.493 e. The molecule has 0 aliphatic heterocycles. The fourth-order valence-electron chi connectivity index (χ4n) is 2.03. The zero-order valence-electron chi connectivity index (χ0n) is 10.9. The number of hydrogen-bond donors (Lipinski definition) is 0. The summed E-state index contributed by atoms with van der Waals surface area (Å²) < 4.78 is 11.5. The molecule has 0 atom stereocenters. The lowest BCUT2D eigenvalue weighted by atomic mass is 10.1. The minimum absolute atomic E-state index is 0.478. The van der Waals surface area contributed by atoms with Gasteiger partial charge in [0.05, 0.1) is 24.4 Å². The summed E-state index contributed by atoms with van der Waals surface area (Å²) in [7, 11) is 3.23. The Morgan fingerprint density at radius 2 is 1.90 bits per heavy atom. The molecule has 3 rings (SSSR count). The minimum atomic E-state index is 0.478. The molecule has 0 saturated carbocycles. The molecular formula is C14H11ClN2O2S. The topological polar surface area (TPSA) is 44.2 Å². The van der Waals surface area contributed by atoms with Crippen molar-refractivity contribution < 1.29 is 9.47 Å². The van der Waals surface area contributed by atoms with Crippen molar-refractivity contribution in [1.29, 1.82) is 0 Å². The average molecular weight is 307 g/mol. The van der Waals surface area contributed by atoms with E-state index in [-0.39, 0.29) is 0 Å². The summed E-state index contributed by atoms with van der Waals surface area (Å²) in [6.07, 6.45) is 1.47. The van der Waals surface area contributed by atoms with Crippen molar-refractivity contribution in [2.75, 3.05) is 14.2 Å². The summed E-state index contributed by atoms with van der Waals surface area (Å²) in [5.41, 5.74) is 2.86. The third-order valence-corrected chi connectivity index (χ3v) is 4.38. The largest absolute Gasteiger partial charge is 0.493 e. The first-order valence-electron chi connectivity index (χ1n) is 5.84. The summed E-state index contributed by atoms with van der Waals surface area (Å²) in [6, 6.07) is 5.77. The molecule has 6 heteroatoms. The highest BCUT2D eigenvalue weighted by Gasteiger charge is 2.13. The Morgan fingerprint density at radius 1 is 1.10 bits per heavy atom. The van der Waals surface area contributed by atoms with Crippen LogP contribution in [0.1, 0.15) is 0 Å². The zero-order valence-corrected chi connectivity index (χ0v) is 12.5. The molecule has 1 aromatic carbocycles. The van der Waals surface area contributed by atoms with E-state index in [1.165, 1.54) is 17.7 Å². The van der Waals surface area contributed by atoms with Crippen LogP contribution in [0.25, 0.3) is 21.3 Å². The summed E-state index contributed by atoms with van der Waals surface area (Å²) in [6.45, 7) is 0. The fraction of sp³-hybridized carbons (Fsp3) is 0.143. The van der Waals surface area contributed by atoms with Gasteiger partial charge in [0.15, 0.2) is 11.5 Å². The molecule has 2 aromatic heterocycles. The summed E-state index contributed by atoms with van der Waals surface area (Å²) in [5, 5.41) is 2.50. The molecule has 0 aliphatic carbocycles. The Balaban J connectivity index is 2.18. The van der Waals surface area contributed by atoms with Crippen molar-refractivity contribution in [1.82, 2.24) is 9.97 Å². The van der Waals surface area contributed by atoms with Crippen LogP contribution in [-0.4, -0.2) is 24.2 Å². The molecule has 102 valence electrons. The fourth-order valence-corrected chi connectivity index (χ4v) is 3.21. The van der Waals surface area contributed by atoms with Gasteiger partial charge in [0.2, 0.25) is 0 Å². The lowest BCUT2D eigenvalue weighted by Crippen LogP contribution is -1.90. The van der Waals surface area contributed by atoms with Gasteiger partial charge >= 0.3 is 0 Å². The number of benzene rings is 1. The lowest BCUT2D eigenvalue weighted by Gasteiger charge is -2.09. The molecule has 0 aliphatic rings. The van der Waals surface area contributed by atoms with Gasteiger partial charge < -0.3 is 9.47 Å². The Labute approximate surface area is 125 Å². The second kappa shape index (κ2) is 5.26. The van der Waals surface area contributed by atoms with E-state index in [0.29, 0.717) is 16.7 Å².